The number of carbonyl (C=O) groups excluding carboxylic acids is 1. The molecule has 2 aromatic rings. The summed E-state index contributed by atoms with van der Waals surface area (Å²) in [5.74, 6) is 1.82. The smallest absolute Gasteiger partial charge is 0.225 e. The first kappa shape index (κ1) is 15.9. The second-order valence-corrected chi connectivity index (χ2v) is 6.58. The third-order valence-electron chi connectivity index (χ3n) is 4.94. The molecule has 0 radical (unpaired) electrons. The van der Waals surface area contributed by atoms with Crippen molar-refractivity contribution in [2.75, 3.05) is 24.6 Å². The van der Waals surface area contributed by atoms with Gasteiger partial charge in [-0.3, -0.25) is 9.78 Å². The summed E-state index contributed by atoms with van der Waals surface area (Å²) in [6.07, 6.45) is 7.82. The number of hydrogen-bond donors (Lipinski definition) is 1. The molecule has 0 saturated carbocycles. The zero-order valence-corrected chi connectivity index (χ0v) is 14.1. The molecule has 4 rings (SSSR count). The molecular weight excluding hydrogens is 316 g/mol. The van der Waals surface area contributed by atoms with Crippen LogP contribution in [0.3, 0.4) is 0 Å². The van der Waals surface area contributed by atoms with Gasteiger partial charge in [-0.15, -0.1) is 0 Å². The number of ether oxygens (including phenoxy) is 1. The van der Waals surface area contributed by atoms with E-state index in [9.17, 15) is 4.79 Å². The van der Waals surface area contributed by atoms with Crippen LogP contribution in [-0.2, 0) is 4.79 Å². The number of amides is 1. The van der Waals surface area contributed by atoms with Crippen LogP contribution < -0.4 is 15.0 Å². The number of para-hydroxylation sites is 1. The Labute approximate surface area is 147 Å². The van der Waals surface area contributed by atoms with Crippen LogP contribution in [0.15, 0.2) is 42.9 Å². The molecule has 1 fully saturated rings. The van der Waals surface area contributed by atoms with E-state index in [-0.39, 0.29) is 17.9 Å². The first-order chi connectivity index (χ1) is 12.3. The summed E-state index contributed by atoms with van der Waals surface area (Å²) in [4.78, 5) is 23.5. The summed E-state index contributed by atoms with van der Waals surface area (Å²) in [6, 6.07) is 7.98. The zero-order chi connectivity index (χ0) is 17.1. The summed E-state index contributed by atoms with van der Waals surface area (Å²) in [7, 11) is 0. The lowest BCUT2D eigenvalue weighted by Crippen LogP contribution is -2.44. The molecule has 1 amide bonds. The maximum atomic E-state index is 12.8. The summed E-state index contributed by atoms with van der Waals surface area (Å²) in [5.41, 5.74) is 1.07. The minimum Gasteiger partial charge on any atom is -0.493 e. The molecule has 0 bridgehead atoms. The third-order valence-corrected chi connectivity index (χ3v) is 4.94. The molecule has 3 heterocycles. The second kappa shape index (κ2) is 7.09. The van der Waals surface area contributed by atoms with Gasteiger partial charge in [-0.2, -0.15) is 0 Å². The Balaban J connectivity index is 1.43. The Kier molecular flexibility index (Phi) is 4.50. The molecular formula is C19H22N4O2. The van der Waals surface area contributed by atoms with E-state index in [1.165, 1.54) is 0 Å². The zero-order valence-electron chi connectivity index (χ0n) is 14.1. The second-order valence-electron chi connectivity index (χ2n) is 6.58. The fourth-order valence-corrected chi connectivity index (χ4v) is 3.64. The van der Waals surface area contributed by atoms with Gasteiger partial charge < -0.3 is 15.0 Å². The van der Waals surface area contributed by atoms with E-state index in [1.54, 1.807) is 18.6 Å². The number of nitrogens with one attached hydrogen (secondary N) is 1. The van der Waals surface area contributed by atoms with Crippen molar-refractivity contribution in [1.82, 2.24) is 15.3 Å². The molecule has 0 aliphatic carbocycles. The van der Waals surface area contributed by atoms with E-state index in [0.29, 0.717) is 13.2 Å². The quantitative estimate of drug-likeness (QED) is 0.930. The van der Waals surface area contributed by atoms with Crippen molar-refractivity contribution in [3.63, 3.8) is 0 Å². The Morgan fingerprint density at radius 2 is 2.16 bits per heavy atom. The van der Waals surface area contributed by atoms with Crippen LogP contribution in [0.4, 0.5) is 5.82 Å². The molecule has 1 aromatic heterocycles. The van der Waals surface area contributed by atoms with Gasteiger partial charge in [0, 0.05) is 37.5 Å². The van der Waals surface area contributed by atoms with Crippen LogP contribution in [-0.4, -0.2) is 35.6 Å². The fourth-order valence-electron chi connectivity index (χ4n) is 3.64. The number of hydrogen-bond acceptors (Lipinski definition) is 5. The Morgan fingerprint density at radius 3 is 3.04 bits per heavy atom. The molecule has 1 N–H and O–H groups in total. The summed E-state index contributed by atoms with van der Waals surface area (Å²) in [6.45, 7) is 2.25. The molecule has 6 nitrogen and oxygen atoms in total. The minimum atomic E-state index is -0.0224. The lowest BCUT2D eigenvalue weighted by atomic mass is 9.95. The van der Waals surface area contributed by atoms with E-state index in [4.69, 9.17) is 4.74 Å². The van der Waals surface area contributed by atoms with Crippen LogP contribution in [0, 0.1) is 5.92 Å². The molecule has 2 atom stereocenters. The van der Waals surface area contributed by atoms with Gasteiger partial charge in [-0.25, -0.2) is 4.98 Å². The average Bonchev–Trinajstić information content (AvgIpc) is 2.69. The van der Waals surface area contributed by atoms with Crippen LogP contribution in [0.1, 0.15) is 30.9 Å². The highest BCUT2D eigenvalue weighted by Crippen LogP contribution is 2.32. The minimum absolute atomic E-state index is 0.0224. The van der Waals surface area contributed by atoms with E-state index in [0.717, 1.165) is 42.9 Å². The van der Waals surface area contributed by atoms with E-state index in [2.05, 4.69) is 20.2 Å². The van der Waals surface area contributed by atoms with Crippen molar-refractivity contribution in [3.05, 3.63) is 48.4 Å². The van der Waals surface area contributed by atoms with Crippen molar-refractivity contribution in [1.29, 1.82) is 0 Å². The van der Waals surface area contributed by atoms with Crippen LogP contribution in [0.25, 0.3) is 0 Å². The molecule has 2 aliphatic heterocycles. The summed E-state index contributed by atoms with van der Waals surface area (Å²) < 4.78 is 5.68. The fraction of sp³-hybridized carbons (Fsp3) is 0.421. The van der Waals surface area contributed by atoms with Gasteiger partial charge in [0.2, 0.25) is 5.91 Å². The van der Waals surface area contributed by atoms with Gasteiger partial charge in [0.1, 0.15) is 11.6 Å². The van der Waals surface area contributed by atoms with Gasteiger partial charge in [0.15, 0.2) is 0 Å². The predicted octanol–water partition coefficient (Wildman–Crippen LogP) is 2.33. The topological polar surface area (TPSA) is 67.3 Å². The number of nitrogens with zero attached hydrogens (tertiary/aromatic N) is 3. The summed E-state index contributed by atoms with van der Waals surface area (Å²) >= 11 is 0. The van der Waals surface area contributed by atoms with Gasteiger partial charge >= 0.3 is 0 Å². The number of benzene rings is 1. The van der Waals surface area contributed by atoms with Crippen LogP contribution in [0.2, 0.25) is 0 Å². The Morgan fingerprint density at radius 1 is 1.24 bits per heavy atom. The first-order valence-corrected chi connectivity index (χ1v) is 8.84. The van der Waals surface area contributed by atoms with Crippen molar-refractivity contribution >= 4 is 11.7 Å². The largest absolute Gasteiger partial charge is 0.493 e. The van der Waals surface area contributed by atoms with Crippen LogP contribution in [0.5, 0.6) is 5.75 Å². The highest BCUT2D eigenvalue weighted by Gasteiger charge is 2.30. The number of carbonyl (C=O) groups is 1. The Bertz CT molecular complexity index is 737. The maximum absolute atomic E-state index is 12.8. The van der Waals surface area contributed by atoms with Gasteiger partial charge in [-0.1, -0.05) is 18.2 Å². The van der Waals surface area contributed by atoms with Gasteiger partial charge in [-0.05, 0) is 18.9 Å². The van der Waals surface area contributed by atoms with E-state index >= 15 is 0 Å². The number of anilines is 1. The molecule has 2 aliphatic rings. The lowest BCUT2D eigenvalue weighted by Gasteiger charge is -2.34. The molecule has 130 valence electrons. The van der Waals surface area contributed by atoms with Crippen molar-refractivity contribution in [3.8, 4) is 5.75 Å². The van der Waals surface area contributed by atoms with Gasteiger partial charge in [0.25, 0.3) is 0 Å². The normalized spacial score (nSPS) is 22.6. The molecule has 6 heteroatoms. The first-order valence-electron chi connectivity index (χ1n) is 8.84. The monoisotopic (exact) mass is 338 g/mol. The SMILES string of the molecule is O=C(N[C@H]1CCOc2ccccc21)[C@@H]1CCCN(c2cnccn2)C1. The highest BCUT2D eigenvalue weighted by atomic mass is 16.5. The maximum Gasteiger partial charge on any atom is 0.225 e. The van der Waals surface area contributed by atoms with Gasteiger partial charge in [0.05, 0.1) is 24.8 Å². The molecule has 1 saturated heterocycles. The molecule has 1 aromatic carbocycles. The molecule has 25 heavy (non-hydrogen) atoms. The summed E-state index contributed by atoms with van der Waals surface area (Å²) in [5, 5.41) is 3.24. The molecule has 0 spiro atoms. The number of piperidine rings is 1. The average molecular weight is 338 g/mol. The predicted molar refractivity (Wildman–Crippen MR) is 94.4 cm³/mol. The standard InChI is InChI=1S/C19H22N4O2/c24-19(22-16-7-11-25-17-6-2-1-5-15(16)17)14-4-3-10-23(13-14)18-12-20-8-9-21-18/h1-2,5-6,8-9,12,14,16H,3-4,7,10-11,13H2,(H,22,24)/t14-,16+/m1/s1. The lowest BCUT2D eigenvalue weighted by molar-refractivity contribution is -0.126. The van der Waals surface area contributed by atoms with E-state index < -0.39 is 0 Å². The number of fused-ring (bicyclic) bond motifs is 1. The molecule has 0 unspecified atom stereocenters. The van der Waals surface area contributed by atoms with E-state index in [1.807, 2.05) is 24.3 Å². The Hall–Kier alpha value is -2.63. The van der Waals surface area contributed by atoms with Crippen molar-refractivity contribution in [2.24, 2.45) is 5.92 Å². The van der Waals surface area contributed by atoms with Crippen molar-refractivity contribution in [2.45, 2.75) is 25.3 Å². The van der Waals surface area contributed by atoms with Crippen LogP contribution >= 0.6 is 0 Å². The number of aromatic nitrogens is 2. The number of rotatable bonds is 3. The highest BCUT2D eigenvalue weighted by molar-refractivity contribution is 5.80. The third kappa shape index (κ3) is 3.43. The van der Waals surface area contributed by atoms with Crippen molar-refractivity contribution < 1.29 is 9.53 Å².